The first kappa shape index (κ1) is 13.7. The van der Waals surface area contributed by atoms with Crippen LogP contribution >= 0.6 is 0 Å². The van der Waals surface area contributed by atoms with Crippen LogP contribution in [0.2, 0.25) is 0 Å². The average molecular weight is 281 g/mol. The van der Waals surface area contributed by atoms with Crippen LogP contribution in [0.1, 0.15) is 33.5 Å². The van der Waals surface area contributed by atoms with Crippen LogP contribution in [-0.2, 0) is 6.42 Å². The summed E-state index contributed by atoms with van der Waals surface area (Å²) in [6, 6.07) is 11.3. The minimum absolute atomic E-state index is 0.00269. The number of amides is 1. The van der Waals surface area contributed by atoms with Crippen LogP contribution in [0, 0.1) is 13.8 Å². The van der Waals surface area contributed by atoms with Crippen molar-refractivity contribution in [2.45, 2.75) is 26.7 Å². The second-order valence-electron chi connectivity index (χ2n) is 5.69. The predicted molar refractivity (Wildman–Crippen MR) is 84.0 cm³/mol. The highest BCUT2D eigenvalue weighted by Gasteiger charge is 2.23. The topological polar surface area (TPSA) is 40.5 Å². The molecule has 0 aliphatic carbocycles. The Morgan fingerprint density at radius 1 is 1.14 bits per heavy atom. The number of benzene rings is 2. The molecule has 0 saturated heterocycles. The summed E-state index contributed by atoms with van der Waals surface area (Å²) in [6.07, 6.45) is 2.01. The number of carbonyl (C=O) groups is 1. The molecule has 3 rings (SSSR count). The number of aromatic hydroxyl groups is 1. The minimum Gasteiger partial charge on any atom is -0.508 e. The van der Waals surface area contributed by atoms with Gasteiger partial charge in [0.1, 0.15) is 5.75 Å². The van der Waals surface area contributed by atoms with Gasteiger partial charge >= 0.3 is 0 Å². The van der Waals surface area contributed by atoms with E-state index in [1.54, 1.807) is 25.1 Å². The lowest BCUT2D eigenvalue weighted by atomic mass is 9.98. The van der Waals surface area contributed by atoms with Gasteiger partial charge in [-0.2, -0.15) is 0 Å². The molecule has 1 N–H and O–H groups in total. The highest BCUT2D eigenvalue weighted by molar-refractivity contribution is 6.07. The molecule has 1 heterocycles. The third-order valence-electron chi connectivity index (χ3n) is 4.04. The quantitative estimate of drug-likeness (QED) is 0.867. The van der Waals surface area contributed by atoms with Gasteiger partial charge in [0.15, 0.2) is 0 Å². The predicted octanol–water partition coefficient (Wildman–Crippen LogP) is 3.60. The van der Waals surface area contributed by atoms with Crippen molar-refractivity contribution in [2.75, 3.05) is 11.4 Å². The number of hydrogen-bond donors (Lipinski definition) is 1. The van der Waals surface area contributed by atoms with E-state index in [1.807, 2.05) is 17.0 Å². The number of rotatable bonds is 1. The highest BCUT2D eigenvalue weighted by atomic mass is 16.3. The van der Waals surface area contributed by atoms with E-state index in [0.717, 1.165) is 30.6 Å². The van der Waals surface area contributed by atoms with Crippen molar-refractivity contribution >= 4 is 11.6 Å². The minimum atomic E-state index is 0.00269. The van der Waals surface area contributed by atoms with Gasteiger partial charge in [-0.1, -0.05) is 17.7 Å². The SMILES string of the molecule is Cc1ccc2c(c1)CCCN2C(=O)c1ccc(O)c(C)c1. The number of anilines is 1. The number of hydrogen-bond acceptors (Lipinski definition) is 2. The van der Waals surface area contributed by atoms with Crippen LogP contribution in [-0.4, -0.2) is 17.6 Å². The van der Waals surface area contributed by atoms with Crippen molar-refractivity contribution < 1.29 is 9.90 Å². The van der Waals surface area contributed by atoms with E-state index in [4.69, 9.17) is 0 Å². The molecule has 0 radical (unpaired) electrons. The van der Waals surface area contributed by atoms with Gasteiger partial charge in [-0.15, -0.1) is 0 Å². The molecule has 0 aromatic heterocycles. The summed E-state index contributed by atoms with van der Waals surface area (Å²) < 4.78 is 0. The largest absolute Gasteiger partial charge is 0.508 e. The van der Waals surface area contributed by atoms with Crippen LogP contribution in [0.5, 0.6) is 5.75 Å². The number of carbonyl (C=O) groups excluding carboxylic acids is 1. The molecule has 3 nitrogen and oxygen atoms in total. The van der Waals surface area contributed by atoms with Crippen molar-refractivity contribution in [3.8, 4) is 5.75 Å². The number of nitrogens with zero attached hydrogens (tertiary/aromatic N) is 1. The Balaban J connectivity index is 1.98. The molecule has 0 bridgehead atoms. The maximum absolute atomic E-state index is 12.8. The van der Waals surface area contributed by atoms with Crippen LogP contribution in [0.4, 0.5) is 5.69 Å². The highest BCUT2D eigenvalue weighted by Crippen LogP contribution is 2.29. The maximum Gasteiger partial charge on any atom is 0.258 e. The lowest BCUT2D eigenvalue weighted by Crippen LogP contribution is -2.35. The standard InChI is InChI=1S/C18H19NO2/c1-12-5-7-16-14(10-12)4-3-9-19(16)18(21)15-6-8-17(20)13(2)11-15/h5-8,10-11,20H,3-4,9H2,1-2H3. The second kappa shape index (κ2) is 5.24. The van der Waals surface area contributed by atoms with Gasteiger partial charge in [0.05, 0.1) is 0 Å². The van der Waals surface area contributed by atoms with Gasteiger partial charge in [-0.3, -0.25) is 4.79 Å². The molecule has 0 saturated carbocycles. The number of aryl methyl sites for hydroxylation is 3. The summed E-state index contributed by atoms with van der Waals surface area (Å²) in [5.41, 5.74) is 4.83. The fourth-order valence-electron chi connectivity index (χ4n) is 2.88. The molecule has 0 fully saturated rings. The van der Waals surface area contributed by atoms with Crippen molar-refractivity contribution in [3.63, 3.8) is 0 Å². The molecule has 0 spiro atoms. The molecule has 2 aromatic rings. The van der Waals surface area contributed by atoms with E-state index in [-0.39, 0.29) is 11.7 Å². The Bertz CT molecular complexity index is 706. The summed E-state index contributed by atoms with van der Waals surface area (Å²) in [5, 5.41) is 9.60. The third-order valence-corrected chi connectivity index (χ3v) is 4.04. The molecule has 0 atom stereocenters. The second-order valence-corrected chi connectivity index (χ2v) is 5.69. The van der Waals surface area contributed by atoms with E-state index in [2.05, 4.69) is 13.0 Å². The first-order chi connectivity index (χ1) is 10.1. The summed E-state index contributed by atoms with van der Waals surface area (Å²) in [7, 11) is 0. The van der Waals surface area contributed by atoms with E-state index < -0.39 is 0 Å². The van der Waals surface area contributed by atoms with Gasteiger partial charge in [0.25, 0.3) is 5.91 Å². The van der Waals surface area contributed by atoms with Crippen LogP contribution in [0.25, 0.3) is 0 Å². The Kier molecular flexibility index (Phi) is 3.42. The van der Waals surface area contributed by atoms with Gasteiger partial charge < -0.3 is 10.0 Å². The summed E-state index contributed by atoms with van der Waals surface area (Å²) in [4.78, 5) is 14.6. The number of phenolic OH excluding ortho intramolecular Hbond substituents is 1. The molecule has 2 aromatic carbocycles. The Morgan fingerprint density at radius 3 is 2.71 bits per heavy atom. The lowest BCUT2D eigenvalue weighted by molar-refractivity contribution is 0.0985. The molecule has 21 heavy (non-hydrogen) atoms. The molecule has 3 heteroatoms. The zero-order chi connectivity index (χ0) is 15.0. The van der Waals surface area contributed by atoms with Crippen LogP contribution in [0.15, 0.2) is 36.4 Å². The average Bonchev–Trinajstić information content (AvgIpc) is 2.48. The van der Waals surface area contributed by atoms with Gasteiger partial charge in [0, 0.05) is 17.8 Å². The molecule has 1 aliphatic heterocycles. The first-order valence-corrected chi connectivity index (χ1v) is 7.27. The first-order valence-electron chi connectivity index (χ1n) is 7.27. The van der Waals surface area contributed by atoms with E-state index in [9.17, 15) is 9.90 Å². The van der Waals surface area contributed by atoms with Gasteiger partial charge in [0.2, 0.25) is 0 Å². The molecular weight excluding hydrogens is 262 g/mol. The van der Waals surface area contributed by atoms with Crippen LogP contribution in [0.3, 0.4) is 0 Å². The Hall–Kier alpha value is -2.29. The smallest absolute Gasteiger partial charge is 0.258 e. The van der Waals surface area contributed by atoms with E-state index >= 15 is 0 Å². The Morgan fingerprint density at radius 2 is 1.95 bits per heavy atom. The van der Waals surface area contributed by atoms with E-state index in [1.165, 1.54) is 11.1 Å². The van der Waals surface area contributed by atoms with E-state index in [0.29, 0.717) is 5.56 Å². The monoisotopic (exact) mass is 281 g/mol. The molecular formula is C18H19NO2. The van der Waals surface area contributed by atoms with Crippen molar-refractivity contribution in [2.24, 2.45) is 0 Å². The number of fused-ring (bicyclic) bond motifs is 1. The molecule has 0 unspecified atom stereocenters. The van der Waals surface area contributed by atoms with Gasteiger partial charge in [-0.25, -0.2) is 0 Å². The van der Waals surface area contributed by atoms with Crippen molar-refractivity contribution in [1.29, 1.82) is 0 Å². The maximum atomic E-state index is 12.8. The lowest BCUT2D eigenvalue weighted by Gasteiger charge is -2.30. The summed E-state index contributed by atoms with van der Waals surface area (Å²) >= 11 is 0. The summed E-state index contributed by atoms with van der Waals surface area (Å²) in [5.74, 6) is 0.226. The molecule has 1 amide bonds. The number of phenols is 1. The zero-order valence-corrected chi connectivity index (χ0v) is 12.4. The normalized spacial score (nSPS) is 13.9. The Labute approximate surface area is 124 Å². The third kappa shape index (κ3) is 2.51. The fraction of sp³-hybridized carbons (Fsp3) is 0.278. The van der Waals surface area contributed by atoms with Gasteiger partial charge in [-0.05, 0) is 62.1 Å². The molecule has 1 aliphatic rings. The molecule has 108 valence electrons. The zero-order valence-electron chi connectivity index (χ0n) is 12.4. The van der Waals surface area contributed by atoms with Crippen molar-refractivity contribution in [3.05, 3.63) is 58.7 Å². The fourth-order valence-corrected chi connectivity index (χ4v) is 2.88. The van der Waals surface area contributed by atoms with Crippen LogP contribution < -0.4 is 4.90 Å². The van der Waals surface area contributed by atoms with Crippen molar-refractivity contribution in [1.82, 2.24) is 0 Å². The summed E-state index contributed by atoms with van der Waals surface area (Å²) in [6.45, 7) is 4.62.